The molecule has 1 heterocycles. The summed E-state index contributed by atoms with van der Waals surface area (Å²) < 4.78 is 29.8. The molecule has 78 valence electrons. The lowest BCUT2D eigenvalue weighted by molar-refractivity contribution is -0.0925. The van der Waals surface area contributed by atoms with Crippen LogP contribution in [-0.4, -0.2) is 27.8 Å². The Morgan fingerprint density at radius 2 is 2.21 bits per heavy atom. The monoisotopic (exact) mass is 204 g/mol. The van der Waals surface area contributed by atoms with Crippen LogP contribution in [-0.2, 0) is 6.42 Å². The molecule has 6 heteroatoms. The van der Waals surface area contributed by atoms with Gasteiger partial charge in [-0.15, -0.1) is 0 Å². The molecule has 1 aliphatic rings. The van der Waals surface area contributed by atoms with Gasteiger partial charge in [0.1, 0.15) is 0 Å². The Bertz CT molecular complexity index is 319. The lowest BCUT2D eigenvalue weighted by atomic mass is 9.81. The Kier molecular flexibility index (Phi) is 2.22. The van der Waals surface area contributed by atoms with Crippen molar-refractivity contribution in [2.75, 3.05) is 6.61 Å². The van der Waals surface area contributed by atoms with Crippen LogP contribution >= 0.6 is 0 Å². The van der Waals surface area contributed by atoms with E-state index in [1.54, 1.807) is 0 Å². The number of aliphatic hydroxyl groups is 1. The third-order valence-corrected chi connectivity index (χ3v) is 2.26. The summed E-state index contributed by atoms with van der Waals surface area (Å²) in [6, 6.07) is 0. The molecular formula is C8H10F2N2O2. The molecule has 1 fully saturated rings. The zero-order chi connectivity index (χ0) is 10.2. The minimum atomic E-state index is -2.57. The Labute approximate surface area is 78.9 Å². The molecular weight excluding hydrogens is 194 g/mol. The fourth-order valence-electron chi connectivity index (χ4n) is 1.47. The van der Waals surface area contributed by atoms with Crippen LogP contribution in [0.2, 0.25) is 0 Å². The highest BCUT2D eigenvalue weighted by Crippen LogP contribution is 2.47. The second kappa shape index (κ2) is 3.27. The van der Waals surface area contributed by atoms with Gasteiger partial charge in [-0.2, -0.15) is 4.98 Å². The Morgan fingerprint density at radius 1 is 1.50 bits per heavy atom. The summed E-state index contributed by atoms with van der Waals surface area (Å²) in [5, 5.41) is 12.1. The summed E-state index contributed by atoms with van der Waals surface area (Å²) in [6.07, 6.45) is -0.131. The number of aromatic nitrogens is 2. The van der Waals surface area contributed by atoms with Gasteiger partial charge in [0, 0.05) is 25.2 Å². The van der Waals surface area contributed by atoms with E-state index < -0.39 is 5.92 Å². The number of aliphatic hydroxyl groups excluding tert-OH is 1. The molecule has 0 aromatic carbocycles. The van der Waals surface area contributed by atoms with Crippen LogP contribution in [0, 0.1) is 0 Å². The van der Waals surface area contributed by atoms with Crippen molar-refractivity contribution in [3.63, 3.8) is 0 Å². The molecule has 0 bridgehead atoms. The van der Waals surface area contributed by atoms with E-state index in [1.807, 2.05) is 0 Å². The van der Waals surface area contributed by atoms with Crippen molar-refractivity contribution >= 4 is 0 Å². The summed E-state index contributed by atoms with van der Waals surface area (Å²) in [6.45, 7) is -0.0696. The SMILES string of the molecule is OCCc1noc(C2CC(F)(F)C2)n1. The fraction of sp³-hybridized carbons (Fsp3) is 0.750. The molecule has 1 aromatic rings. The average molecular weight is 204 g/mol. The largest absolute Gasteiger partial charge is 0.396 e. The van der Waals surface area contributed by atoms with Crippen molar-refractivity contribution in [3.05, 3.63) is 11.7 Å². The van der Waals surface area contributed by atoms with Gasteiger partial charge in [0.05, 0.1) is 6.61 Å². The molecule has 0 unspecified atom stereocenters. The molecule has 1 N–H and O–H groups in total. The highest BCUT2D eigenvalue weighted by atomic mass is 19.3. The van der Waals surface area contributed by atoms with E-state index >= 15 is 0 Å². The van der Waals surface area contributed by atoms with Gasteiger partial charge >= 0.3 is 0 Å². The molecule has 0 amide bonds. The number of hydrogen-bond donors (Lipinski definition) is 1. The first-order chi connectivity index (χ1) is 6.61. The van der Waals surface area contributed by atoms with E-state index in [4.69, 9.17) is 9.63 Å². The number of nitrogens with zero attached hydrogens (tertiary/aromatic N) is 2. The van der Waals surface area contributed by atoms with Gasteiger partial charge in [-0.05, 0) is 0 Å². The first-order valence-electron chi connectivity index (χ1n) is 4.42. The number of hydrogen-bond acceptors (Lipinski definition) is 4. The van der Waals surface area contributed by atoms with Crippen LogP contribution in [0.15, 0.2) is 4.52 Å². The highest BCUT2D eigenvalue weighted by Gasteiger charge is 2.48. The maximum absolute atomic E-state index is 12.5. The molecule has 0 radical (unpaired) electrons. The van der Waals surface area contributed by atoms with E-state index in [2.05, 4.69) is 10.1 Å². The van der Waals surface area contributed by atoms with E-state index in [0.29, 0.717) is 12.2 Å². The molecule has 4 nitrogen and oxygen atoms in total. The summed E-state index contributed by atoms with van der Waals surface area (Å²) in [5.74, 6) is -2.25. The zero-order valence-electron chi connectivity index (χ0n) is 7.41. The van der Waals surface area contributed by atoms with Gasteiger partial charge in [0.25, 0.3) is 0 Å². The van der Waals surface area contributed by atoms with Crippen LogP contribution in [0.4, 0.5) is 8.78 Å². The maximum atomic E-state index is 12.5. The summed E-state index contributed by atoms with van der Waals surface area (Å²) in [5.41, 5.74) is 0. The second-order valence-electron chi connectivity index (χ2n) is 3.48. The van der Waals surface area contributed by atoms with Crippen molar-refractivity contribution in [1.29, 1.82) is 0 Å². The van der Waals surface area contributed by atoms with Crippen LogP contribution in [0.3, 0.4) is 0 Å². The normalized spacial score (nSPS) is 20.8. The van der Waals surface area contributed by atoms with Crippen molar-refractivity contribution in [2.45, 2.75) is 31.1 Å². The third kappa shape index (κ3) is 1.75. The molecule has 1 aliphatic carbocycles. The van der Waals surface area contributed by atoms with Crippen LogP contribution in [0.25, 0.3) is 0 Å². The average Bonchev–Trinajstić information content (AvgIpc) is 2.49. The first-order valence-corrected chi connectivity index (χ1v) is 4.42. The molecule has 14 heavy (non-hydrogen) atoms. The Balaban J connectivity index is 1.98. The molecule has 0 saturated heterocycles. The van der Waals surface area contributed by atoms with Gasteiger partial charge in [-0.1, -0.05) is 5.16 Å². The van der Waals surface area contributed by atoms with Crippen molar-refractivity contribution in [1.82, 2.24) is 10.1 Å². The number of halogens is 2. The van der Waals surface area contributed by atoms with Crippen LogP contribution < -0.4 is 0 Å². The van der Waals surface area contributed by atoms with Gasteiger partial charge in [0.2, 0.25) is 11.8 Å². The topological polar surface area (TPSA) is 59.2 Å². The van der Waals surface area contributed by atoms with Gasteiger partial charge in [-0.25, -0.2) is 8.78 Å². The molecule has 0 aliphatic heterocycles. The quantitative estimate of drug-likeness (QED) is 0.801. The number of rotatable bonds is 3. The molecule has 2 rings (SSSR count). The van der Waals surface area contributed by atoms with Crippen LogP contribution in [0.5, 0.6) is 0 Å². The van der Waals surface area contributed by atoms with E-state index in [9.17, 15) is 8.78 Å². The van der Waals surface area contributed by atoms with Crippen LogP contribution in [0.1, 0.15) is 30.5 Å². The first kappa shape index (κ1) is 9.51. The lowest BCUT2D eigenvalue weighted by Gasteiger charge is -2.31. The minimum Gasteiger partial charge on any atom is -0.396 e. The van der Waals surface area contributed by atoms with E-state index in [0.717, 1.165) is 0 Å². The zero-order valence-corrected chi connectivity index (χ0v) is 7.41. The predicted octanol–water partition coefficient (Wildman–Crippen LogP) is 1.12. The van der Waals surface area contributed by atoms with Gasteiger partial charge in [0.15, 0.2) is 5.82 Å². The minimum absolute atomic E-state index is 0.0696. The molecule has 1 saturated carbocycles. The fourth-order valence-corrected chi connectivity index (χ4v) is 1.47. The third-order valence-electron chi connectivity index (χ3n) is 2.26. The Morgan fingerprint density at radius 3 is 2.79 bits per heavy atom. The predicted molar refractivity (Wildman–Crippen MR) is 42.0 cm³/mol. The number of alkyl halides is 2. The molecule has 0 spiro atoms. The standard InChI is InChI=1S/C8H10F2N2O2/c9-8(10)3-5(4-8)7-11-6(1-2-13)12-14-7/h5,13H,1-4H2. The van der Waals surface area contributed by atoms with Crippen molar-refractivity contribution in [3.8, 4) is 0 Å². The van der Waals surface area contributed by atoms with Gasteiger partial charge in [-0.3, -0.25) is 0 Å². The summed E-state index contributed by atoms with van der Waals surface area (Å²) >= 11 is 0. The van der Waals surface area contributed by atoms with E-state index in [-0.39, 0.29) is 31.3 Å². The van der Waals surface area contributed by atoms with Crippen molar-refractivity contribution in [2.24, 2.45) is 0 Å². The maximum Gasteiger partial charge on any atom is 0.249 e. The molecule has 1 aromatic heterocycles. The van der Waals surface area contributed by atoms with Crippen molar-refractivity contribution < 1.29 is 18.4 Å². The summed E-state index contributed by atoms with van der Waals surface area (Å²) in [7, 11) is 0. The van der Waals surface area contributed by atoms with E-state index in [1.165, 1.54) is 0 Å². The highest BCUT2D eigenvalue weighted by molar-refractivity contribution is 5.04. The molecule has 0 atom stereocenters. The lowest BCUT2D eigenvalue weighted by Crippen LogP contribution is -2.33. The van der Waals surface area contributed by atoms with Gasteiger partial charge < -0.3 is 9.63 Å². The summed E-state index contributed by atoms with van der Waals surface area (Å²) in [4.78, 5) is 3.92. The Hall–Kier alpha value is -1.04. The smallest absolute Gasteiger partial charge is 0.249 e. The second-order valence-corrected chi connectivity index (χ2v) is 3.48.